The van der Waals surface area contributed by atoms with Gasteiger partial charge in [-0.3, -0.25) is 0 Å². The van der Waals surface area contributed by atoms with Gasteiger partial charge in [-0.25, -0.2) is 9.97 Å². The van der Waals surface area contributed by atoms with Crippen molar-refractivity contribution in [3.05, 3.63) is 72.1 Å². The van der Waals surface area contributed by atoms with Crippen molar-refractivity contribution < 1.29 is 0 Å². The van der Waals surface area contributed by atoms with Crippen LogP contribution in [-0.2, 0) is 0 Å². The van der Waals surface area contributed by atoms with Crippen molar-refractivity contribution in [2.75, 3.05) is 0 Å². The van der Waals surface area contributed by atoms with Crippen LogP contribution in [0.2, 0.25) is 0 Å². The lowest BCUT2D eigenvalue weighted by atomic mass is 10.0. The third-order valence-corrected chi connectivity index (χ3v) is 5.76. The normalized spacial score (nSPS) is 11.6. The Labute approximate surface area is 149 Å². The molecule has 0 bridgehead atoms. The maximum Gasteiger partial charge on any atom is 0.116 e. The van der Waals surface area contributed by atoms with Crippen LogP contribution in [0.25, 0.3) is 42.3 Å². The molecular formula is C22H16N2S. The first kappa shape index (κ1) is 14.6. The highest BCUT2D eigenvalue weighted by Gasteiger charge is 2.14. The minimum Gasteiger partial charge on any atom is -0.235 e. The Morgan fingerprint density at radius 1 is 0.800 bits per heavy atom. The minimum absolute atomic E-state index is 1.03. The van der Waals surface area contributed by atoms with Gasteiger partial charge in [-0.05, 0) is 48.9 Å². The van der Waals surface area contributed by atoms with Crippen LogP contribution in [0.1, 0.15) is 11.1 Å². The predicted molar refractivity (Wildman–Crippen MR) is 107 cm³/mol. The van der Waals surface area contributed by atoms with Gasteiger partial charge in [0.05, 0.1) is 15.9 Å². The van der Waals surface area contributed by atoms with Crippen LogP contribution in [0.15, 0.2) is 60.9 Å². The summed E-state index contributed by atoms with van der Waals surface area (Å²) in [4.78, 5) is 9.23. The molecule has 0 spiro atoms. The summed E-state index contributed by atoms with van der Waals surface area (Å²) in [6, 6.07) is 19.6. The van der Waals surface area contributed by atoms with E-state index in [1.165, 1.54) is 37.5 Å². The second-order valence-corrected chi connectivity index (χ2v) is 7.63. The molecule has 5 aromatic rings. The zero-order valence-corrected chi connectivity index (χ0v) is 14.9. The fourth-order valence-electron chi connectivity index (χ4n) is 3.58. The molecule has 5 rings (SSSR count). The van der Waals surface area contributed by atoms with E-state index >= 15 is 0 Å². The van der Waals surface area contributed by atoms with Gasteiger partial charge in [0.1, 0.15) is 6.33 Å². The van der Waals surface area contributed by atoms with Crippen molar-refractivity contribution in [3.63, 3.8) is 0 Å². The fourth-order valence-corrected chi connectivity index (χ4v) is 4.78. The smallest absolute Gasteiger partial charge is 0.116 e. The molecule has 0 saturated carbocycles. The van der Waals surface area contributed by atoms with E-state index in [-0.39, 0.29) is 0 Å². The third kappa shape index (κ3) is 2.31. The van der Waals surface area contributed by atoms with Gasteiger partial charge in [-0.15, -0.1) is 11.3 Å². The molecule has 0 unspecified atom stereocenters. The molecule has 3 heteroatoms. The van der Waals surface area contributed by atoms with Crippen LogP contribution in [0.4, 0.5) is 0 Å². The number of benzene rings is 3. The molecule has 3 aromatic carbocycles. The molecule has 0 atom stereocenters. The highest BCUT2D eigenvalue weighted by atomic mass is 32.1. The van der Waals surface area contributed by atoms with Gasteiger partial charge in [0.15, 0.2) is 0 Å². The lowest BCUT2D eigenvalue weighted by molar-refractivity contribution is 1.23. The van der Waals surface area contributed by atoms with Crippen LogP contribution >= 0.6 is 11.3 Å². The summed E-state index contributed by atoms with van der Waals surface area (Å²) in [5, 5.41) is 3.73. The number of nitrogens with zero attached hydrogens (tertiary/aromatic N) is 2. The fraction of sp³-hybridized carbons (Fsp3) is 0.0909. The van der Waals surface area contributed by atoms with Crippen LogP contribution in [0, 0.1) is 13.8 Å². The van der Waals surface area contributed by atoms with Gasteiger partial charge in [-0.1, -0.05) is 41.5 Å². The molecule has 0 amide bonds. The molecule has 0 N–H and O–H groups in total. The molecule has 0 radical (unpaired) electrons. The quantitative estimate of drug-likeness (QED) is 0.359. The van der Waals surface area contributed by atoms with Gasteiger partial charge in [0.25, 0.3) is 0 Å². The van der Waals surface area contributed by atoms with Gasteiger partial charge in [0, 0.05) is 15.6 Å². The molecule has 2 nitrogen and oxygen atoms in total. The van der Waals surface area contributed by atoms with E-state index < -0.39 is 0 Å². The number of rotatable bonds is 1. The van der Waals surface area contributed by atoms with Gasteiger partial charge in [0.2, 0.25) is 0 Å². The number of aryl methyl sites for hydroxylation is 2. The topological polar surface area (TPSA) is 25.8 Å². The Balaban J connectivity index is 1.87. The predicted octanol–water partition coefficient (Wildman–Crippen LogP) is 6.28. The monoisotopic (exact) mass is 340 g/mol. The van der Waals surface area contributed by atoms with E-state index in [0.717, 1.165) is 15.9 Å². The Morgan fingerprint density at radius 3 is 2.28 bits per heavy atom. The van der Waals surface area contributed by atoms with Gasteiger partial charge < -0.3 is 0 Å². The van der Waals surface area contributed by atoms with Crippen molar-refractivity contribution in [1.82, 2.24) is 9.97 Å². The SMILES string of the molecule is Cc1cc(C)cc(-c2ncnc3c2sc2cc4ccccc4cc23)c1. The molecule has 0 aliphatic rings. The number of hydrogen-bond donors (Lipinski definition) is 0. The van der Waals surface area contributed by atoms with Crippen molar-refractivity contribution in [2.45, 2.75) is 13.8 Å². The summed E-state index contributed by atoms with van der Waals surface area (Å²) in [6.07, 6.45) is 1.69. The van der Waals surface area contributed by atoms with Crippen LogP contribution in [0.5, 0.6) is 0 Å². The first-order chi connectivity index (χ1) is 12.2. The minimum atomic E-state index is 1.03. The van der Waals surface area contributed by atoms with Gasteiger partial charge in [-0.2, -0.15) is 0 Å². The second-order valence-electron chi connectivity index (χ2n) is 6.57. The average molecular weight is 340 g/mol. The first-order valence-corrected chi connectivity index (χ1v) is 9.15. The van der Waals surface area contributed by atoms with E-state index in [1.807, 2.05) is 0 Å². The Hall–Kier alpha value is -2.78. The molecule has 25 heavy (non-hydrogen) atoms. The lowest BCUT2D eigenvalue weighted by Gasteiger charge is -2.05. The number of aromatic nitrogens is 2. The van der Waals surface area contributed by atoms with Crippen molar-refractivity contribution in [2.24, 2.45) is 0 Å². The lowest BCUT2D eigenvalue weighted by Crippen LogP contribution is -1.88. The molecule has 0 fully saturated rings. The van der Waals surface area contributed by atoms with E-state index in [4.69, 9.17) is 0 Å². The summed E-state index contributed by atoms with van der Waals surface area (Å²) in [7, 11) is 0. The van der Waals surface area contributed by atoms with Crippen LogP contribution < -0.4 is 0 Å². The maximum absolute atomic E-state index is 4.62. The molecule has 2 aromatic heterocycles. The van der Waals surface area contributed by atoms with Crippen molar-refractivity contribution >= 4 is 42.4 Å². The van der Waals surface area contributed by atoms with Crippen molar-refractivity contribution in [3.8, 4) is 11.3 Å². The standard InChI is InChI=1S/C22H16N2S/c1-13-7-14(2)9-17(8-13)20-22-21(24-12-23-20)18-10-15-5-3-4-6-16(15)11-19(18)25-22/h3-12H,1-2H3. The largest absolute Gasteiger partial charge is 0.235 e. The maximum atomic E-state index is 4.62. The summed E-state index contributed by atoms with van der Waals surface area (Å²) < 4.78 is 2.43. The Morgan fingerprint density at radius 2 is 1.52 bits per heavy atom. The van der Waals surface area contributed by atoms with E-state index in [1.54, 1.807) is 17.7 Å². The van der Waals surface area contributed by atoms with E-state index in [2.05, 4.69) is 78.4 Å². The van der Waals surface area contributed by atoms with Crippen molar-refractivity contribution in [1.29, 1.82) is 0 Å². The summed E-state index contributed by atoms with van der Waals surface area (Å²) >= 11 is 1.78. The first-order valence-electron chi connectivity index (χ1n) is 8.34. The highest BCUT2D eigenvalue weighted by molar-refractivity contribution is 7.26. The molecule has 0 saturated heterocycles. The molecule has 2 heterocycles. The number of thiophene rings is 1. The molecule has 120 valence electrons. The van der Waals surface area contributed by atoms with Crippen LogP contribution in [0.3, 0.4) is 0 Å². The zero-order chi connectivity index (χ0) is 17.0. The van der Waals surface area contributed by atoms with Crippen LogP contribution in [-0.4, -0.2) is 9.97 Å². The Bertz CT molecular complexity index is 1250. The van der Waals surface area contributed by atoms with E-state index in [9.17, 15) is 0 Å². The Kier molecular flexibility index (Phi) is 3.12. The summed E-state index contributed by atoms with van der Waals surface area (Å²) in [5.74, 6) is 0. The average Bonchev–Trinajstić information content (AvgIpc) is 2.96. The highest BCUT2D eigenvalue weighted by Crippen LogP contribution is 2.39. The zero-order valence-electron chi connectivity index (χ0n) is 14.1. The molecule has 0 aliphatic heterocycles. The molecule has 0 aliphatic carbocycles. The van der Waals surface area contributed by atoms with Gasteiger partial charge >= 0.3 is 0 Å². The summed E-state index contributed by atoms with van der Waals surface area (Å²) in [6.45, 7) is 4.26. The summed E-state index contributed by atoms with van der Waals surface area (Å²) in [5.41, 5.74) is 5.76. The molecular weight excluding hydrogens is 324 g/mol. The third-order valence-electron chi connectivity index (χ3n) is 4.61. The second kappa shape index (κ2) is 5.36. The number of hydrogen-bond acceptors (Lipinski definition) is 3. The number of fused-ring (bicyclic) bond motifs is 4. The van der Waals surface area contributed by atoms with E-state index in [0.29, 0.717) is 0 Å².